The summed E-state index contributed by atoms with van der Waals surface area (Å²) in [6.07, 6.45) is 8.07. The van der Waals surface area contributed by atoms with Gasteiger partial charge < -0.3 is 10.2 Å². The number of nitrogens with zero attached hydrogens (tertiary/aromatic N) is 2. The van der Waals surface area contributed by atoms with Crippen LogP contribution in [-0.2, 0) is 16.0 Å². The topological polar surface area (TPSA) is 62.3 Å². The van der Waals surface area contributed by atoms with Gasteiger partial charge in [-0.3, -0.25) is 14.6 Å². The van der Waals surface area contributed by atoms with Crippen LogP contribution in [0.2, 0.25) is 0 Å². The van der Waals surface area contributed by atoms with E-state index < -0.39 is 0 Å². The monoisotopic (exact) mass is 301 g/mol. The molecule has 0 bridgehead atoms. The first-order valence-electron chi connectivity index (χ1n) is 8.17. The summed E-state index contributed by atoms with van der Waals surface area (Å²) < 4.78 is 0. The number of hydrogen-bond donors (Lipinski definition) is 1. The molecular weight excluding hydrogens is 278 g/mol. The van der Waals surface area contributed by atoms with Crippen LogP contribution in [0.5, 0.6) is 0 Å². The summed E-state index contributed by atoms with van der Waals surface area (Å²) in [4.78, 5) is 29.8. The lowest BCUT2D eigenvalue weighted by atomic mass is 9.89. The van der Waals surface area contributed by atoms with Crippen LogP contribution in [0.15, 0.2) is 24.5 Å². The molecule has 2 fully saturated rings. The Hall–Kier alpha value is -1.91. The summed E-state index contributed by atoms with van der Waals surface area (Å²) in [5, 5.41) is 2.80. The van der Waals surface area contributed by atoms with E-state index in [1.807, 2.05) is 17.2 Å². The molecule has 0 saturated carbocycles. The van der Waals surface area contributed by atoms with Crippen LogP contribution < -0.4 is 5.32 Å². The molecule has 1 atom stereocenters. The molecule has 2 aliphatic heterocycles. The van der Waals surface area contributed by atoms with Crippen LogP contribution in [0.4, 0.5) is 0 Å². The molecule has 2 aliphatic rings. The number of amides is 2. The van der Waals surface area contributed by atoms with Crippen molar-refractivity contribution in [1.29, 1.82) is 0 Å². The highest BCUT2D eigenvalue weighted by Gasteiger charge is 2.30. The number of carbonyl (C=O) groups is 2. The van der Waals surface area contributed by atoms with Crippen LogP contribution in [0.25, 0.3) is 0 Å². The van der Waals surface area contributed by atoms with Crippen molar-refractivity contribution in [3.8, 4) is 0 Å². The average molecular weight is 301 g/mol. The van der Waals surface area contributed by atoms with Gasteiger partial charge in [0.15, 0.2) is 0 Å². The minimum atomic E-state index is -0.0208. The van der Waals surface area contributed by atoms with Crippen molar-refractivity contribution in [2.24, 2.45) is 11.8 Å². The van der Waals surface area contributed by atoms with Gasteiger partial charge in [-0.15, -0.1) is 0 Å². The largest absolute Gasteiger partial charge is 0.355 e. The molecule has 118 valence electrons. The molecular formula is C17H23N3O2. The van der Waals surface area contributed by atoms with E-state index in [0.29, 0.717) is 25.3 Å². The smallest absolute Gasteiger partial charge is 0.227 e. The van der Waals surface area contributed by atoms with Crippen molar-refractivity contribution in [2.75, 3.05) is 19.6 Å². The second kappa shape index (κ2) is 6.90. The fourth-order valence-electron chi connectivity index (χ4n) is 3.41. The Bertz CT molecular complexity index is 514. The molecule has 1 aromatic heterocycles. The zero-order valence-electron chi connectivity index (χ0n) is 12.8. The summed E-state index contributed by atoms with van der Waals surface area (Å²) >= 11 is 0. The van der Waals surface area contributed by atoms with Crippen LogP contribution in [-0.4, -0.2) is 41.3 Å². The van der Waals surface area contributed by atoms with Gasteiger partial charge in [0.25, 0.3) is 0 Å². The molecule has 0 aliphatic carbocycles. The standard InChI is InChI=1S/C17H23N3O2/c21-16-4-3-15(12-19-16)17(22)20-8-5-13(6-9-20)10-14-2-1-7-18-11-14/h1-2,7,11,13,15H,3-6,8-10,12H2,(H,19,21). The molecule has 3 rings (SSSR count). The fourth-order valence-corrected chi connectivity index (χ4v) is 3.41. The van der Waals surface area contributed by atoms with E-state index in [4.69, 9.17) is 0 Å². The van der Waals surface area contributed by atoms with E-state index in [0.717, 1.165) is 32.4 Å². The summed E-state index contributed by atoms with van der Waals surface area (Å²) in [6.45, 7) is 2.19. The van der Waals surface area contributed by atoms with Gasteiger partial charge in [-0.2, -0.15) is 0 Å². The van der Waals surface area contributed by atoms with Gasteiger partial charge in [0.2, 0.25) is 11.8 Å². The van der Waals surface area contributed by atoms with Gasteiger partial charge in [-0.25, -0.2) is 0 Å². The van der Waals surface area contributed by atoms with Crippen molar-refractivity contribution in [3.63, 3.8) is 0 Å². The van der Waals surface area contributed by atoms with Gasteiger partial charge in [0.05, 0.1) is 5.92 Å². The Labute approximate surface area is 131 Å². The normalized spacial score (nSPS) is 23.2. The Balaban J connectivity index is 1.47. The third kappa shape index (κ3) is 3.64. The van der Waals surface area contributed by atoms with E-state index in [1.54, 1.807) is 6.20 Å². The van der Waals surface area contributed by atoms with Crippen LogP contribution in [0, 0.1) is 11.8 Å². The van der Waals surface area contributed by atoms with Crippen molar-refractivity contribution >= 4 is 11.8 Å². The number of aromatic nitrogens is 1. The van der Waals surface area contributed by atoms with Crippen molar-refractivity contribution < 1.29 is 9.59 Å². The predicted molar refractivity (Wildman–Crippen MR) is 83.0 cm³/mol. The maximum Gasteiger partial charge on any atom is 0.227 e. The van der Waals surface area contributed by atoms with E-state index in [9.17, 15) is 9.59 Å². The quantitative estimate of drug-likeness (QED) is 0.917. The molecule has 0 spiro atoms. The van der Waals surface area contributed by atoms with Gasteiger partial charge in [0.1, 0.15) is 0 Å². The first-order chi connectivity index (χ1) is 10.7. The third-order valence-corrected chi connectivity index (χ3v) is 4.79. The molecule has 0 radical (unpaired) electrons. The number of pyridine rings is 1. The molecule has 3 heterocycles. The summed E-state index contributed by atoms with van der Waals surface area (Å²) in [5.74, 6) is 0.908. The highest BCUT2D eigenvalue weighted by Crippen LogP contribution is 2.23. The molecule has 1 N–H and O–H groups in total. The van der Waals surface area contributed by atoms with Gasteiger partial charge in [-0.1, -0.05) is 6.07 Å². The molecule has 1 aromatic rings. The van der Waals surface area contributed by atoms with Gasteiger partial charge >= 0.3 is 0 Å². The zero-order valence-corrected chi connectivity index (χ0v) is 12.8. The van der Waals surface area contributed by atoms with Crippen molar-refractivity contribution in [2.45, 2.75) is 32.1 Å². The number of likely N-dealkylation sites (tertiary alicyclic amines) is 1. The number of hydrogen-bond acceptors (Lipinski definition) is 3. The summed E-state index contributed by atoms with van der Waals surface area (Å²) in [5.41, 5.74) is 1.28. The lowest BCUT2D eigenvalue weighted by Crippen LogP contribution is -2.47. The highest BCUT2D eigenvalue weighted by molar-refractivity contribution is 5.83. The molecule has 22 heavy (non-hydrogen) atoms. The van der Waals surface area contributed by atoms with Crippen LogP contribution in [0.3, 0.4) is 0 Å². The lowest BCUT2D eigenvalue weighted by Gasteiger charge is -2.35. The van der Waals surface area contributed by atoms with Crippen LogP contribution in [0.1, 0.15) is 31.2 Å². The first kappa shape index (κ1) is 15.0. The summed E-state index contributed by atoms with van der Waals surface area (Å²) in [7, 11) is 0. The van der Waals surface area contributed by atoms with E-state index in [2.05, 4.69) is 16.4 Å². The Morgan fingerprint density at radius 3 is 2.77 bits per heavy atom. The number of nitrogens with one attached hydrogen (secondary N) is 1. The molecule has 2 saturated heterocycles. The Kier molecular flexibility index (Phi) is 4.71. The SMILES string of the molecule is O=C1CCC(C(=O)N2CCC(Cc3cccnc3)CC2)CN1. The van der Waals surface area contributed by atoms with E-state index in [-0.39, 0.29) is 17.7 Å². The van der Waals surface area contributed by atoms with E-state index in [1.165, 1.54) is 5.56 Å². The second-order valence-corrected chi connectivity index (χ2v) is 6.37. The maximum absolute atomic E-state index is 12.5. The Morgan fingerprint density at radius 1 is 1.32 bits per heavy atom. The van der Waals surface area contributed by atoms with Crippen molar-refractivity contribution in [3.05, 3.63) is 30.1 Å². The predicted octanol–water partition coefficient (Wildman–Crippen LogP) is 1.39. The zero-order chi connectivity index (χ0) is 15.4. The lowest BCUT2D eigenvalue weighted by molar-refractivity contribution is -0.138. The Morgan fingerprint density at radius 2 is 2.14 bits per heavy atom. The fraction of sp³-hybridized carbons (Fsp3) is 0.588. The van der Waals surface area contributed by atoms with Gasteiger partial charge in [-0.05, 0) is 43.2 Å². The van der Waals surface area contributed by atoms with Crippen molar-refractivity contribution in [1.82, 2.24) is 15.2 Å². The molecule has 5 nitrogen and oxygen atoms in total. The molecule has 5 heteroatoms. The average Bonchev–Trinajstić information content (AvgIpc) is 2.57. The van der Waals surface area contributed by atoms with E-state index >= 15 is 0 Å². The maximum atomic E-state index is 12.5. The van der Waals surface area contributed by atoms with Crippen LogP contribution >= 0.6 is 0 Å². The minimum Gasteiger partial charge on any atom is -0.355 e. The summed E-state index contributed by atoms with van der Waals surface area (Å²) in [6, 6.07) is 4.10. The first-order valence-corrected chi connectivity index (χ1v) is 8.17. The number of rotatable bonds is 3. The second-order valence-electron chi connectivity index (χ2n) is 6.37. The minimum absolute atomic E-state index is 0.0208. The molecule has 0 aromatic carbocycles. The highest BCUT2D eigenvalue weighted by atomic mass is 16.2. The van der Waals surface area contributed by atoms with Gasteiger partial charge in [0, 0.05) is 38.4 Å². The number of carbonyl (C=O) groups excluding carboxylic acids is 2. The molecule has 2 amide bonds. The number of piperidine rings is 2. The molecule has 1 unspecified atom stereocenters. The third-order valence-electron chi connectivity index (χ3n) is 4.79.